The molecule has 0 aromatic carbocycles. The van der Waals surface area contributed by atoms with E-state index in [4.69, 9.17) is 0 Å². The second-order valence-electron chi connectivity index (χ2n) is 6.90. The average molecular weight is 288 g/mol. The molecule has 2 aromatic rings. The molecule has 6 nitrogen and oxygen atoms in total. The maximum absolute atomic E-state index is 4.55. The molecule has 2 heterocycles. The Balaban J connectivity index is 1.82. The predicted molar refractivity (Wildman–Crippen MR) is 85.4 cm³/mol. The normalized spacial score (nSPS) is 19.7. The molecule has 0 aliphatic heterocycles. The summed E-state index contributed by atoms with van der Waals surface area (Å²) in [5.74, 6) is 2.08. The van der Waals surface area contributed by atoms with Crippen molar-refractivity contribution in [1.82, 2.24) is 19.9 Å². The number of rotatable bonds is 5. The molecule has 0 spiro atoms. The topological polar surface area (TPSA) is 78.5 Å². The predicted octanol–water partition coefficient (Wildman–Crippen LogP) is 2.88. The first-order chi connectivity index (χ1) is 9.88. The van der Waals surface area contributed by atoms with Gasteiger partial charge < -0.3 is 15.6 Å². The first-order valence-corrected chi connectivity index (χ1v) is 7.56. The Hall–Kier alpha value is -1.85. The molecule has 1 aliphatic carbocycles. The second kappa shape index (κ2) is 4.58. The van der Waals surface area contributed by atoms with Crippen molar-refractivity contribution in [1.29, 1.82) is 0 Å². The largest absolute Gasteiger partial charge is 0.368 e. The molecule has 0 unspecified atom stereocenters. The quantitative estimate of drug-likeness (QED) is 0.788. The lowest BCUT2D eigenvalue weighted by Gasteiger charge is -2.09. The fraction of sp³-hybridized carbons (Fsp3) is 0.667. The van der Waals surface area contributed by atoms with E-state index in [9.17, 15) is 0 Å². The van der Waals surface area contributed by atoms with Crippen molar-refractivity contribution in [3.8, 4) is 0 Å². The number of nitrogens with one attached hydrogen (secondary N) is 3. The van der Waals surface area contributed by atoms with E-state index in [0.29, 0.717) is 28.3 Å². The molecule has 0 saturated heterocycles. The summed E-state index contributed by atoms with van der Waals surface area (Å²) in [7, 11) is 0. The van der Waals surface area contributed by atoms with Gasteiger partial charge in [-0.3, -0.25) is 0 Å². The summed E-state index contributed by atoms with van der Waals surface area (Å²) < 4.78 is 0. The molecular weight excluding hydrogens is 264 g/mol. The van der Waals surface area contributed by atoms with E-state index in [1.165, 1.54) is 0 Å². The first-order valence-electron chi connectivity index (χ1n) is 7.56. The zero-order valence-corrected chi connectivity index (χ0v) is 13.4. The molecule has 1 fully saturated rings. The van der Waals surface area contributed by atoms with E-state index in [2.05, 4.69) is 58.3 Å². The van der Waals surface area contributed by atoms with Crippen LogP contribution in [0.2, 0.25) is 0 Å². The van der Waals surface area contributed by atoms with E-state index in [1.54, 1.807) is 6.33 Å². The summed E-state index contributed by atoms with van der Waals surface area (Å²) in [6, 6.07) is 0. The third-order valence-electron chi connectivity index (χ3n) is 5.41. The maximum Gasteiger partial charge on any atom is 0.226 e. The highest BCUT2D eigenvalue weighted by atomic mass is 15.2. The third kappa shape index (κ3) is 2.13. The third-order valence-corrected chi connectivity index (χ3v) is 5.41. The molecule has 114 valence electrons. The van der Waals surface area contributed by atoms with Gasteiger partial charge in [0.1, 0.15) is 5.52 Å². The van der Waals surface area contributed by atoms with Gasteiger partial charge in [-0.1, -0.05) is 27.7 Å². The van der Waals surface area contributed by atoms with Gasteiger partial charge in [0, 0.05) is 13.1 Å². The van der Waals surface area contributed by atoms with Crippen LogP contribution in [0.15, 0.2) is 6.33 Å². The van der Waals surface area contributed by atoms with Gasteiger partial charge in [0.05, 0.1) is 6.33 Å². The van der Waals surface area contributed by atoms with Crippen LogP contribution >= 0.6 is 0 Å². The number of aromatic nitrogens is 4. The molecule has 1 aliphatic rings. The number of anilines is 2. The van der Waals surface area contributed by atoms with Crippen LogP contribution < -0.4 is 10.6 Å². The highest BCUT2D eigenvalue weighted by Crippen LogP contribution is 2.68. The summed E-state index contributed by atoms with van der Waals surface area (Å²) in [5, 5.41) is 6.63. The molecule has 21 heavy (non-hydrogen) atoms. The maximum atomic E-state index is 4.55. The van der Waals surface area contributed by atoms with Crippen LogP contribution in [0.1, 0.15) is 34.6 Å². The van der Waals surface area contributed by atoms with E-state index >= 15 is 0 Å². The highest BCUT2D eigenvalue weighted by molar-refractivity contribution is 5.83. The monoisotopic (exact) mass is 288 g/mol. The summed E-state index contributed by atoms with van der Waals surface area (Å²) in [6.07, 6.45) is 1.66. The Morgan fingerprint density at radius 2 is 1.86 bits per heavy atom. The van der Waals surface area contributed by atoms with Crippen LogP contribution in [0.25, 0.3) is 11.2 Å². The minimum absolute atomic E-state index is 0.366. The molecule has 0 bridgehead atoms. The van der Waals surface area contributed by atoms with Gasteiger partial charge in [-0.15, -0.1) is 0 Å². The second-order valence-corrected chi connectivity index (χ2v) is 6.90. The summed E-state index contributed by atoms with van der Waals surface area (Å²) in [6.45, 7) is 13.0. The molecule has 0 radical (unpaired) electrons. The number of aromatic amines is 1. The van der Waals surface area contributed by atoms with Gasteiger partial charge >= 0.3 is 0 Å². The van der Waals surface area contributed by atoms with Crippen LogP contribution in [0.4, 0.5) is 11.8 Å². The molecular formula is C15H24N6. The van der Waals surface area contributed by atoms with Crippen molar-refractivity contribution in [2.45, 2.75) is 34.6 Å². The fourth-order valence-electron chi connectivity index (χ4n) is 3.24. The summed E-state index contributed by atoms with van der Waals surface area (Å²) in [5.41, 5.74) is 2.29. The zero-order chi connectivity index (χ0) is 15.3. The minimum Gasteiger partial charge on any atom is -0.368 e. The SMILES string of the molecule is CCNc1nc(NCC2C(C)(C)C2(C)C)c2[nH]cnc2n1. The van der Waals surface area contributed by atoms with Crippen LogP contribution in [-0.4, -0.2) is 33.0 Å². The lowest BCUT2D eigenvalue weighted by atomic mass is 10.0. The Bertz CT molecular complexity index is 643. The zero-order valence-electron chi connectivity index (χ0n) is 13.4. The standard InChI is InChI=1S/C15H24N6/c1-6-16-13-20-11(10-12(21-13)19-8-18-10)17-7-9-14(2,3)15(9,4)5/h8-9H,6-7H2,1-5H3,(H3,16,17,18,19,20,21). The molecule has 2 aromatic heterocycles. The number of nitrogens with zero attached hydrogens (tertiary/aromatic N) is 3. The molecule has 1 saturated carbocycles. The number of hydrogen-bond donors (Lipinski definition) is 3. The summed E-state index contributed by atoms with van der Waals surface area (Å²) >= 11 is 0. The van der Waals surface area contributed by atoms with Crippen molar-refractivity contribution in [3.05, 3.63) is 6.33 Å². The van der Waals surface area contributed by atoms with Crippen molar-refractivity contribution < 1.29 is 0 Å². The summed E-state index contributed by atoms with van der Waals surface area (Å²) in [4.78, 5) is 16.3. The number of imidazole rings is 1. The molecule has 6 heteroatoms. The number of fused-ring (bicyclic) bond motifs is 1. The van der Waals surface area contributed by atoms with Crippen molar-refractivity contribution in [2.75, 3.05) is 23.7 Å². The lowest BCUT2D eigenvalue weighted by Crippen LogP contribution is -2.12. The highest BCUT2D eigenvalue weighted by Gasteiger charge is 2.64. The van der Waals surface area contributed by atoms with Crippen LogP contribution in [0.5, 0.6) is 0 Å². The number of H-pyrrole nitrogens is 1. The fourth-order valence-corrected chi connectivity index (χ4v) is 3.24. The van der Waals surface area contributed by atoms with Gasteiger partial charge in [0.15, 0.2) is 11.5 Å². The van der Waals surface area contributed by atoms with Crippen molar-refractivity contribution >= 4 is 22.9 Å². The van der Waals surface area contributed by atoms with Crippen molar-refractivity contribution in [3.63, 3.8) is 0 Å². The van der Waals surface area contributed by atoms with E-state index in [0.717, 1.165) is 24.4 Å². The average Bonchev–Trinajstić information content (AvgIpc) is 2.77. The molecule has 3 rings (SSSR count). The molecule has 3 N–H and O–H groups in total. The van der Waals surface area contributed by atoms with Crippen LogP contribution in [0, 0.1) is 16.7 Å². The van der Waals surface area contributed by atoms with Gasteiger partial charge in [0.25, 0.3) is 0 Å². The Kier molecular flexibility index (Phi) is 3.07. The van der Waals surface area contributed by atoms with E-state index in [1.807, 2.05) is 6.92 Å². The van der Waals surface area contributed by atoms with Gasteiger partial charge in [0.2, 0.25) is 5.95 Å². The van der Waals surface area contributed by atoms with Crippen LogP contribution in [0.3, 0.4) is 0 Å². The Morgan fingerprint density at radius 3 is 2.48 bits per heavy atom. The first kappa shape index (κ1) is 14.1. The number of hydrogen-bond acceptors (Lipinski definition) is 5. The smallest absolute Gasteiger partial charge is 0.226 e. The molecule has 0 atom stereocenters. The van der Waals surface area contributed by atoms with Crippen molar-refractivity contribution in [2.24, 2.45) is 16.7 Å². The van der Waals surface area contributed by atoms with Gasteiger partial charge in [-0.2, -0.15) is 9.97 Å². The van der Waals surface area contributed by atoms with Crippen LogP contribution in [-0.2, 0) is 0 Å². The van der Waals surface area contributed by atoms with E-state index < -0.39 is 0 Å². The lowest BCUT2D eigenvalue weighted by molar-refractivity contribution is 0.457. The Morgan fingerprint density at radius 1 is 1.14 bits per heavy atom. The van der Waals surface area contributed by atoms with Gasteiger partial charge in [-0.25, -0.2) is 4.98 Å². The minimum atomic E-state index is 0.366. The van der Waals surface area contributed by atoms with Gasteiger partial charge in [-0.05, 0) is 23.7 Å². The van der Waals surface area contributed by atoms with E-state index in [-0.39, 0.29) is 0 Å². The molecule has 0 amide bonds. The Labute approximate surface area is 125 Å².